The van der Waals surface area contributed by atoms with Gasteiger partial charge in [-0.3, -0.25) is 4.57 Å². The van der Waals surface area contributed by atoms with Gasteiger partial charge >= 0.3 is 0 Å². The summed E-state index contributed by atoms with van der Waals surface area (Å²) in [6.45, 7) is 3.09. The summed E-state index contributed by atoms with van der Waals surface area (Å²) in [4.78, 5) is 4.63. The molecule has 6 rings (SSSR count). The lowest BCUT2D eigenvalue weighted by Gasteiger charge is -2.09. The lowest BCUT2D eigenvalue weighted by atomic mass is 10.1. The molecule has 0 fully saturated rings. The molecule has 4 aromatic rings. The Hall–Kier alpha value is -4.66. The van der Waals surface area contributed by atoms with Crippen LogP contribution in [0, 0.1) is 19.3 Å². The Morgan fingerprint density at radius 2 is 2.06 bits per heavy atom. The minimum absolute atomic E-state index is 0.300. The maximum Gasteiger partial charge on any atom is 0.167 e. The van der Waals surface area contributed by atoms with Crippen molar-refractivity contribution in [2.24, 2.45) is 0 Å². The Balaban J connectivity index is 1.44. The Bertz CT molecular complexity index is 1600. The van der Waals surface area contributed by atoms with Crippen molar-refractivity contribution >= 4 is 11.3 Å². The van der Waals surface area contributed by atoms with Gasteiger partial charge < -0.3 is 13.8 Å². The second-order valence-corrected chi connectivity index (χ2v) is 7.95. The first kappa shape index (κ1) is 20.0. The van der Waals surface area contributed by atoms with Crippen molar-refractivity contribution in [1.82, 2.24) is 29.5 Å². The van der Waals surface area contributed by atoms with Crippen LogP contribution < -0.4 is 0 Å². The first-order valence-electron chi connectivity index (χ1n) is 10.7. The Labute approximate surface area is 195 Å². The number of fused-ring (bicyclic) bond motifs is 5. The summed E-state index contributed by atoms with van der Waals surface area (Å²) in [5, 5.41) is 13.1. The molecule has 8 heteroatoms. The van der Waals surface area contributed by atoms with Gasteiger partial charge in [-0.15, -0.1) is 16.6 Å². The molecule has 0 N–H and O–H groups in total. The molecule has 2 aliphatic rings. The number of hydrogen-bond acceptors (Lipinski definition) is 6. The molecule has 3 aromatic heterocycles. The zero-order valence-electron chi connectivity index (χ0n) is 18.3. The van der Waals surface area contributed by atoms with Crippen molar-refractivity contribution in [3.05, 3.63) is 94.5 Å². The van der Waals surface area contributed by atoms with Crippen LogP contribution in [-0.2, 0) is 24.5 Å². The van der Waals surface area contributed by atoms with E-state index in [9.17, 15) is 0 Å². The number of hydrogen-bond donors (Lipinski definition) is 0. The van der Waals surface area contributed by atoms with E-state index in [1.807, 2.05) is 58.5 Å². The van der Waals surface area contributed by atoms with Gasteiger partial charge in [0, 0.05) is 6.07 Å². The molecule has 0 atom stereocenters. The fraction of sp³-hybridized carbons (Fsp3) is 0.154. The van der Waals surface area contributed by atoms with E-state index < -0.39 is 0 Å². The summed E-state index contributed by atoms with van der Waals surface area (Å²) in [6.07, 6.45) is 9.26. The van der Waals surface area contributed by atoms with Crippen LogP contribution in [0.3, 0.4) is 0 Å². The summed E-state index contributed by atoms with van der Waals surface area (Å²) in [5.74, 6) is 4.72. The number of ether oxygens (including phenoxy) is 1. The number of imidazole rings is 1. The number of aromatic nitrogens is 6. The van der Waals surface area contributed by atoms with Gasteiger partial charge in [0.25, 0.3) is 0 Å². The maximum atomic E-state index is 5.97. The van der Waals surface area contributed by atoms with E-state index in [4.69, 9.17) is 15.7 Å². The smallest absolute Gasteiger partial charge is 0.167 e. The molecule has 0 radical (unpaired) electrons. The SMILES string of the molecule is C#CC1=C=C=C2C(=C1)c1nnc(COCc3ccccc3)n1Cc1c(-c3cc(C)on3)ncn12. The normalized spacial score (nSPS) is 13.7. The minimum atomic E-state index is 0.300. The first-order chi connectivity index (χ1) is 16.7. The summed E-state index contributed by atoms with van der Waals surface area (Å²) >= 11 is 0. The molecule has 0 saturated heterocycles. The molecule has 34 heavy (non-hydrogen) atoms. The molecule has 4 heterocycles. The van der Waals surface area contributed by atoms with Gasteiger partial charge in [0.05, 0.1) is 30.0 Å². The average Bonchev–Trinajstić information content (AvgIpc) is 3.57. The molecule has 1 aliphatic carbocycles. The fourth-order valence-electron chi connectivity index (χ4n) is 4.08. The molecular weight excluding hydrogens is 428 g/mol. The predicted octanol–water partition coefficient (Wildman–Crippen LogP) is 3.77. The monoisotopic (exact) mass is 446 g/mol. The predicted molar refractivity (Wildman–Crippen MR) is 124 cm³/mol. The van der Waals surface area contributed by atoms with E-state index >= 15 is 0 Å². The third kappa shape index (κ3) is 3.34. The second-order valence-electron chi connectivity index (χ2n) is 7.95. The van der Waals surface area contributed by atoms with Gasteiger partial charge in [-0.05, 0) is 24.3 Å². The van der Waals surface area contributed by atoms with Crippen molar-refractivity contribution in [2.75, 3.05) is 0 Å². The number of terminal acetylenes is 1. The molecule has 0 bridgehead atoms. The van der Waals surface area contributed by atoms with Gasteiger partial charge in [-0.2, -0.15) is 0 Å². The topological polar surface area (TPSA) is 83.8 Å². The Kier molecular flexibility index (Phi) is 4.72. The minimum Gasteiger partial charge on any atom is -0.369 e. The third-order valence-electron chi connectivity index (χ3n) is 5.71. The van der Waals surface area contributed by atoms with Crippen molar-refractivity contribution in [2.45, 2.75) is 26.7 Å². The molecule has 0 saturated carbocycles. The van der Waals surface area contributed by atoms with Gasteiger partial charge in [0.1, 0.15) is 35.8 Å². The highest BCUT2D eigenvalue weighted by atomic mass is 16.5. The van der Waals surface area contributed by atoms with E-state index in [1.165, 1.54) is 0 Å². The first-order valence-corrected chi connectivity index (χ1v) is 10.7. The van der Waals surface area contributed by atoms with E-state index in [1.54, 1.807) is 6.33 Å². The van der Waals surface area contributed by atoms with Gasteiger partial charge in [-0.25, -0.2) is 4.98 Å². The van der Waals surface area contributed by atoms with E-state index in [0.717, 1.165) is 28.2 Å². The van der Waals surface area contributed by atoms with Crippen molar-refractivity contribution in [1.29, 1.82) is 0 Å². The molecule has 0 amide bonds. The molecule has 1 aliphatic heterocycles. The highest BCUT2D eigenvalue weighted by Crippen LogP contribution is 2.36. The van der Waals surface area contributed by atoms with Crippen molar-refractivity contribution < 1.29 is 9.26 Å². The molecule has 1 aromatic carbocycles. The van der Waals surface area contributed by atoms with E-state index in [2.05, 4.69) is 37.7 Å². The Morgan fingerprint density at radius 1 is 1.18 bits per heavy atom. The van der Waals surface area contributed by atoms with Crippen LogP contribution in [0.5, 0.6) is 0 Å². The highest BCUT2D eigenvalue weighted by molar-refractivity contribution is 5.99. The summed E-state index contributed by atoms with van der Waals surface area (Å²) in [6, 6.07) is 11.9. The number of aryl methyl sites for hydroxylation is 1. The summed E-state index contributed by atoms with van der Waals surface area (Å²) in [7, 11) is 0. The number of benzene rings is 1. The summed E-state index contributed by atoms with van der Waals surface area (Å²) in [5.41, 5.74) is 11.7. The van der Waals surface area contributed by atoms with Gasteiger partial charge in [0.15, 0.2) is 11.6 Å². The van der Waals surface area contributed by atoms with E-state index in [0.29, 0.717) is 48.4 Å². The average molecular weight is 446 g/mol. The maximum absolute atomic E-state index is 5.97. The molecule has 164 valence electrons. The van der Waals surface area contributed by atoms with Crippen LogP contribution in [-0.4, -0.2) is 29.5 Å². The quantitative estimate of drug-likeness (QED) is 0.343. The zero-order chi connectivity index (χ0) is 23.1. The standard InChI is InChI=1S/C26H18N6O2/c1-3-18-9-10-22-20(12-18)26-29-28-24(15-33-14-19-7-5-4-6-8-19)31(26)13-23-25(27-16-32(22)23)21-11-17(2)34-30-21/h1,4-8,11-12,16H,13-15H2,2H3. The van der Waals surface area contributed by atoms with Crippen LogP contribution in [0.1, 0.15) is 28.7 Å². The van der Waals surface area contributed by atoms with Crippen molar-refractivity contribution in [3.8, 4) is 23.7 Å². The van der Waals surface area contributed by atoms with Crippen LogP contribution in [0.25, 0.3) is 22.7 Å². The lowest BCUT2D eigenvalue weighted by Crippen LogP contribution is -2.10. The highest BCUT2D eigenvalue weighted by Gasteiger charge is 2.30. The van der Waals surface area contributed by atoms with Gasteiger partial charge in [-0.1, -0.05) is 47.1 Å². The summed E-state index contributed by atoms with van der Waals surface area (Å²) < 4.78 is 15.3. The van der Waals surface area contributed by atoms with Crippen molar-refractivity contribution in [3.63, 3.8) is 0 Å². The third-order valence-corrected chi connectivity index (χ3v) is 5.71. The largest absolute Gasteiger partial charge is 0.369 e. The number of nitrogens with zero attached hydrogens (tertiary/aromatic N) is 6. The molecular formula is C26H18N6O2. The fourth-order valence-corrected chi connectivity index (χ4v) is 4.08. The molecule has 0 spiro atoms. The molecule has 0 unspecified atom stereocenters. The van der Waals surface area contributed by atoms with Crippen LogP contribution in [0.15, 0.2) is 70.4 Å². The number of allylic oxidation sites excluding steroid dienone is 4. The van der Waals surface area contributed by atoms with Gasteiger partial charge in [0.2, 0.25) is 0 Å². The Morgan fingerprint density at radius 3 is 2.85 bits per heavy atom. The zero-order valence-corrected chi connectivity index (χ0v) is 18.3. The van der Waals surface area contributed by atoms with Crippen LogP contribution in [0.2, 0.25) is 0 Å². The van der Waals surface area contributed by atoms with Crippen LogP contribution in [0.4, 0.5) is 0 Å². The molecule has 8 nitrogen and oxygen atoms in total. The van der Waals surface area contributed by atoms with Crippen LogP contribution >= 0.6 is 0 Å². The lowest BCUT2D eigenvalue weighted by molar-refractivity contribution is 0.0993. The number of rotatable bonds is 5. The second kappa shape index (κ2) is 8.04. The van der Waals surface area contributed by atoms with E-state index in [-0.39, 0.29) is 0 Å².